The lowest BCUT2D eigenvalue weighted by molar-refractivity contribution is -0.151. The number of ketones is 1. The van der Waals surface area contributed by atoms with E-state index in [4.69, 9.17) is 4.74 Å². The smallest absolute Gasteiger partial charge is 0.330 e. The molecule has 4 aromatic rings. The van der Waals surface area contributed by atoms with E-state index in [9.17, 15) is 19.2 Å². The Labute approximate surface area is 249 Å². The van der Waals surface area contributed by atoms with Crippen LogP contribution in [0.3, 0.4) is 0 Å². The van der Waals surface area contributed by atoms with E-state index in [1.807, 2.05) is 102 Å². The van der Waals surface area contributed by atoms with Crippen LogP contribution in [0.1, 0.15) is 40.1 Å². The van der Waals surface area contributed by atoms with Gasteiger partial charge in [-0.1, -0.05) is 91.0 Å². The summed E-state index contributed by atoms with van der Waals surface area (Å²) < 4.78 is 6.32. The van der Waals surface area contributed by atoms with Gasteiger partial charge in [0, 0.05) is 11.3 Å². The molecule has 3 aliphatic heterocycles. The van der Waals surface area contributed by atoms with E-state index in [0.29, 0.717) is 11.3 Å². The predicted octanol–water partition coefficient (Wildman–Crippen LogP) is 5.61. The van der Waals surface area contributed by atoms with Crippen LogP contribution in [-0.2, 0) is 19.1 Å². The second kappa shape index (κ2) is 10.5. The molecule has 3 heterocycles. The van der Waals surface area contributed by atoms with Crippen molar-refractivity contribution in [2.75, 3.05) is 9.80 Å². The molecule has 4 atom stereocenters. The number of para-hydroxylation sites is 1. The topological polar surface area (TPSA) is 84.0 Å². The molecule has 0 N–H and O–H groups in total. The molecule has 212 valence electrons. The largest absolute Gasteiger partial charge is 0.451 e. The minimum Gasteiger partial charge on any atom is -0.451 e. The lowest BCUT2D eigenvalue weighted by Gasteiger charge is -2.36. The van der Waals surface area contributed by atoms with Gasteiger partial charge >= 0.3 is 5.97 Å². The monoisotopic (exact) mass is 568 g/mol. The molecular formula is C36H28N2O5. The van der Waals surface area contributed by atoms with E-state index in [1.54, 1.807) is 24.3 Å². The van der Waals surface area contributed by atoms with Crippen molar-refractivity contribution >= 4 is 41.0 Å². The van der Waals surface area contributed by atoms with Crippen LogP contribution in [0.15, 0.2) is 115 Å². The van der Waals surface area contributed by atoms with Crippen molar-refractivity contribution in [1.82, 2.24) is 0 Å². The van der Waals surface area contributed by atoms with E-state index in [-0.39, 0.29) is 11.7 Å². The minimum atomic E-state index is -1.03. The molecule has 7 heteroatoms. The number of Topliss-reactive ketones (excluding diaryl/α,β-unsaturated/α-hetero) is 1. The number of carbonyl (C=O) groups is 4. The van der Waals surface area contributed by atoms with E-state index in [2.05, 4.69) is 0 Å². The third-order valence-corrected chi connectivity index (χ3v) is 8.63. The van der Waals surface area contributed by atoms with Gasteiger partial charge in [-0.25, -0.2) is 9.69 Å². The van der Waals surface area contributed by atoms with Crippen LogP contribution in [0.2, 0.25) is 0 Å². The number of anilines is 2. The Morgan fingerprint density at radius 3 is 1.93 bits per heavy atom. The maximum Gasteiger partial charge on any atom is 0.330 e. The summed E-state index contributed by atoms with van der Waals surface area (Å²) in [5.74, 6) is -3.26. The number of hydrogen-bond acceptors (Lipinski definition) is 6. The SMILES string of the molecule is CC(=O)c1ccc(N2C(=O)[C@@H]3[C@H](C2=O)[C@H](C(=O)OC(c2ccccc2)c2ccccc2)N2c4ccccc4C=C[C@@H]32)cc1. The zero-order chi connectivity index (χ0) is 29.7. The van der Waals surface area contributed by atoms with Crippen LogP contribution in [0.4, 0.5) is 11.4 Å². The maximum absolute atomic E-state index is 14.4. The maximum atomic E-state index is 14.4. The Morgan fingerprint density at radius 2 is 1.30 bits per heavy atom. The number of imide groups is 1. The highest BCUT2D eigenvalue weighted by Crippen LogP contribution is 2.49. The van der Waals surface area contributed by atoms with Gasteiger partial charge in [-0.3, -0.25) is 14.4 Å². The summed E-state index contributed by atoms with van der Waals surface area (Å²) in [6.45, 7) is 1.46. The van der Waals surface area contributed by atoms with Crippen molar-refractivity contribution in [2.24, 2.45) is 11.8 Å². The molecular weight excluding hydrogens is 540 g/mol. The highest BCUT2D eigenvalue weighted by atomic mass is 16.5. The van der Waals surface area contributed by atoms with Gasteiger partial charge in [0.05, 0.1) is 23.6 Å². The lowest BCUT2D eigenvalue weighted by Crippen LogP contribution is -2.49. The van der Waals surface area contributed by atoms with Gasteiger partial charge in [0.15, 0.2) is 11.9 Å². The highest BCUT2D eigenvalue weighted by Gasteiger charge is 2.65. The summed E-state index contributed by atoms with van der Waals surface area (Å²) in [6.07, 6.45) is 3.15. The number of benzene rings is 4. The van der Waals surface area contributed by atoms with Crippen molar-refractivity contribution in [3.8, 4) is 0 Å². The lowest BCUT2D eigenvalue weighted by atomic mass is 9.88. The number of esters is 1. The number of carbonyl (C=O) groups excluding carboxylic acids is 4. The minimum absolute atomic E-state index is 0.113. The molecule has 0 aromatic heterocycles. The van der Waals surface area contributed by atoms with Gasteiger partial charge in [0.1, 0.15) is 6.04 Å². The van der Waals surface area contributed by atoms with E-state index < -0.39 is 41.9 Å². The van der Waals surface area contributed by atoms with Crippen molar-refractivity contribution in [2.45, 2.75) is 25.1 Å². The molecule has 2 amide bonds. The molecule has 4 aromatic carbocycles. The molecule has 7 nitrogen and oxygen atoms in total. The van der Waals surface area contributed by atoms with Gasteiger partial charge < -0.3 is 9.64 Å². The fourth-order valence-corrected chi connectivity index (χ4v) is 6.65. The Hall–Kier alpha value is -5.30. The van der Waals surface area contributed by atoms with Crippen LogP contribution >= 0.6 is 0 Å². The fourth-order valence-electron chi connectivity index (χ4n) is 6.65. The summed E-state index contributed by atoms with van der Waals surface area (Å²) in [5, 5.41) is 0. The Balaban J connectivity index is 1.30. The van der Waals surface area contributed by atoms with Gasteiger partial charge in [-0.15, -0.1) is 0 Å². The first kappa shape index (κ1) is 26.6. The van der Waals surface area contributed by atoms with Crippen LogP contribution in [0, 0.1) is 11.8 Å². The van der Waals surface area contributed by atoms with Crippen LogP contribution in [0.5, 0.6) is 0 Å². The Morgan fingerprint density at radius 1 is 0.721 bits per heavy atom. The summed E-state index contributed by atoms with van der Waals surface area (Å²) >= 11 is 0. The number of hydrogen-bond donors (Lipinski definition) is 0. The van der Waals surface area contributed by atoms with Crippen molar-refractivity contribution in [1.29, 1.82) is 0 Å². The molecule has 0 saturated carbocycles. The molecule has 0 spiro atoms. The molecule has 2 saturated heterocycles. The van der Waals surface area contributed by atoms with Crippen molar-refractivity contribution in [3.63, 3.8) is 0 Å². The average molecular weight is 569 g/mol. The van der Waals surface area contributed by atoms with Gasteiger partial charge in [0.25, 0.3) is 0 Å². The molecule has 2 fully saturated rings. The molecule has 43 heavy (non-hydrogen) atoms. The number of ether oxygens (including phenoxy) is 1. The molecule has 0 unspecified atom stereocenters. The van der Waals surface area contributed by atoms with Crippen molar-refractivity contribution < 1.29 is 23.9 Å². The van der Waals surface area contributed by atoms with Gasteiger partial charge in [0.2, 0.25) is 11.8 Å². The van der Waals surface area contributed by atoms with Gasteiger partial charge in [-0.05, 0) is 53.9 Å². The summed E-state index contributed by atoms with van der Waals surface area (Å²) in [5.41, 5.74) is 4.13. The first-order valence-electron chi connectivity index (χ1n) is 14.3. The molecule has 0 radical (unpaired) electrons. The zero-order valence-electron chi connectivity index (χ0n) is 23.4. The van der Waals surface area contributed by atoms with Crippen LogP contribution in [0.25, 0.3) is 6.08 Å². The Kier molecular flexibility index (Phi) is 6.50. The third kappa shape index (κ3) is 4.36. The normalized spacial score (nSPS) is 21.9. The molecule has 3 aliphatic rings. The van der Waals surface area contributed by atoms with E-state index in [1.165, 1.54) is 6.92 Å². The number of fused-ring (bicyclic) bond motifs is 5. The molecule has 7 rings (SSSR count). The third-order valence-electron chi connectivity index (χ3n) is 8.63. The Bertz CT molecular complexity index is 1730. The van der Waals surface area contributed by atoms with E-state index >= 15 is 0 Å². The zero-order valence-corrected chi connectivity index (χ0v) is 23.4. The highest BCUT2D eigenvalue weighted by molar-refractivity contribution is 6.24. The average Bonchev–Trinajstić information content (AvgIpc) is 3.53. The quantitative estimate of drug-likeness (QED) is 0.171. The van der Waals surface area contributed by atoms with E-state index in [0.717, 1.165) is 27.3 Å². The second-order valence-corrected chi connectivity index (χ2v) is 11.1. The summed E-state index contributed by atoms with van der Waals surface area (Å²) in [4.78, 5) is 57.5. The summed E-state index contributed by atoms with van der Waals surface area (Å²) in [6, 6.07) is 31.5. The number of rotatable bonds is 6. The standard InChI is InChI=1S/C36H28N2O5/c1-22(39)23-16-19-27(20-17-23)37-34(40)30-29-21-18-24-10-8-9-15-28(24)38(29)32(31(30)35(37)41)36(42)43-33(25-11-4-2-5-12-25)26-13-6-3-7-14-26/h2-21,29-33H,1H3/t29-,30-,31-,32+/m0/s1. The number of nitrogens with zero attached hydrogens (tertiary/aromatic N) is 2. The molecule has 0 bridgehead atoms. The fraction of sp³-hybridized carbons (Fsp3) is 0.167. The predicted molar refractivity (Wildman–Crippen MR) is 162 cm³/mol. The van der Waals surface area contributed by atoms with Crippen molar-refractivity contribution in [3.05, 3.63) is 138 Å². The van der Waals surface area contributed by atoms with Crippen LogP contribution in [-0.4, -0.2) is 35.7 Å². The summed E-state index contributed by atoms with van der Waals surface area (Å²) in [7, 11) is 0. The first-order chi connectivity index (χ1) is 20.9. The molecule has 0 aliphatic carbocycles. The van der Waals surface area contributed by atoms with Gasteiger partial charge in [-0.2, -0.15) is 0 Å². The van der Waals surface area contributed by atoms with Crippen LogP contribution < -0.4 is 9.80 Å². The first-order valence-corrected chi connectivity index (χ1v) is 14.3. The second-order valence-electron chi connectivity index (χ2n) is 11.1. The number of amides is 2.